The van der Waals surface area contributed by atoms with Crippen LogP contribution in [0.25, 0.3) is 0 Å². The van der Waals surface area contributed by atoms with Crippen molar-refractivity contribution in [3.8, 4) is 5.75 Å². The van der Waals surface area contributed by atoms with Gasteiger partial charge in [0.05, 0.1) is 7.11 Å². The van der Waals surface area contributed by atoms with E-state index in [9.17, 15) is 4.79 Å². The van der Waals surface area contributed by atoms with Gasteiger partial charge in [-0.2, -0.15) is 0 Å². The topological polar surface area (TPSA) is 85.9 Å². The summed E-state index contributed by atoms with van der Waals surface area (Å²) in [5.74, 6) is 1.39. The molecule has 1 amide bonds. The fraction of sp³-hybridized carbons (Fsp3) is 0.467. The molecule has 0 heterocycles. The van der Waals surface area contributed by atoms with E-state index in [1.807, 2.05) is 0 Å². The van der Waals surface area contributed by atoms with Gasteiger partial charge in [-0.1, -0.05) is 19.0 Å². The summed E-state index contributed by atoms with van der Waals surface area (Å²) in [6, 6.07) is 7.02. The Morgan fingerprint density at radius 1 is 1.33 bits per heavy atom. The second kappa shape index (κ2) is 8.84. The molecule has 0 atom stereocenters. The predicted octanol–water partition coefficient (Wildman–Crippen LogP) is 2.36. The molecule has 0 aromatic heterocycles. The molecule has 1 aromatic rings. The van der Waals surface area contributed by atoms with Crippen molar-refractivity contribution in [3.63, 3.8) is 0 Å². The third kappa shape index (κ3) is 7.20. The van der Waals surface area contributed by atoms with Crippen LogP contribution in [0.5, 0.6) is 5.75 Å². The highest BCUT2D eigenvalue weighted by Gasteiger charge is 2.04. The Bertz CT molecular complexity index is 470. The second-order valence-corrected chi connectivity index (χ2v) is 5.07. The Hall–Kier alpha value is -2.24. The number of carbonyl (C=O) groups excluding carboxylic acids is 1. The lowest BCUT2D eigenvalue weighted by atomic mass is 10.1. The van der Waals surface area contributed by atoms with E-state index >= 15 is 0 Å². The number of rotatable bonds is 8. The standard InChI is InChI=1S/C15H23N3O3/c1-11(2)4-9-14(16)18-21-10-15(19)17-12-5-7-13(20-3)8-6-12/h5-8,11H,4,9-10H2,1-3H3,(H2,16,18)(H,17,19). The second-order valence-electron chi connectivity index (χ2n) is 5.07. The van der Waals surface area contributed by atoms with E-state index in [4.69, 9.17) is 15.3 Å². The van der Waals surface area contributed by atoms with E-state index in [2.05, 4.69) is 24.3 Å². The van der Waals surface area contributed by atoms with Crippen molar-refractivity contribution < 1.29 is 14.4 Å². The van der Waals surface area contributed by atoms with Crippen molar-refractivity contribution in [2.75, 3.05) is 19.0 Å². The van der Waals surface area contributed by atoms with Crippen molar-refractivity contribution in [1.29, 1.82) is 0 Å². The summed E-state index contributed by atoms with van der Waals surface area (Å²) < 4.78 is 5.04. The minimum absolute atomic E-state index is 0.172. The number of hydrogen-bond acceptors (Lipinski definition) is 4. The Kier molecular flexibility index (Phi) is 7.08. The molecule has 0 aliphatic carbocycles. The first-order chi connectivity index (χ1) is 10.0. The molecule has 0 radical (unpaired) electrons. The van der Waals surface area contributed by atoms with Crippen LogP contribution in [0, 0.1) is 5.92 Å². The first-order valence-corrected chi connectivity index (χ1v) is 6.89. The number of anilines is 1. The Morgan fingerprint density at radius 2 is 2.00 bits per heavy atom. The molecule has 0 bridgehead atoms. The summed E-state index contributed by atoms with van der Waals surface area (Å²) in [6.07, 6.45) is 1.61. The molecular formula is C15H23N3O3. The third-order valence-electron chi connectivity index (χ3n) is 2.73. The van der Waals surface area contributed by atoms with Crippen LogP contribution in [0.1, 0.15) is 26.7 Å². The Morgan fingerprint density at radius 3 is 2.57 bits per heavy atom. The van der Waals surface area contributed by atoms with Crippen LogP contribution in [0.4, 0.5) is 5.69 Å². The van der Waals surface area contributed by atoms with Crippen LogP contribution in [0.15, 0.2) is 29.4 Å². The highest BCUT2D eigenvalue weighted by molar-refractivity contribution is 5.91. The highest BCUT2D eigenvalue weighted by atomic mass is 16.6. The average Bonchev–Trinajstić information content (AvgIpc) is 2.46. The number of carbonyl (C=O) groups is 1. The number of ether oxygens (including phenoxy) is 1. The predicted molar refractivity (Wildman–Crippen MR) is 83.3 cm³/mol. The summed E-state index contributed by atoms with van der Waals surface area (Å²) in [6.45, 7) is 4.04. The van der Waals surface area contributed by atoms with E-state index in [-0.39, 0.29) is 12.5 Å². The molecule has 0 saturated heterocycles. The molecule has 0 saturated carbocycles. The minimum atomic E-state index is -0.291. The average molecular weight is 293 g/mol. The maximum Gasteiger partial charge on any atom is 0.265 e. The van der Waals surface area contributed by atoms with Crippen LogP contribution in [-0.4, -0.2) is 25.5 Å². The molecule has 6 heteroatoms. The number of hydrogen-bond donors (Lipinski definition) is 2. The van der Waals surface area contributed by atoms with Gasteiger partial charge in [-0.25, -0.2) is 0 Å². The minimum Gasteiger partial charge on any atom is -0.497 e. The van der Waals surface area contributed by atoms with Crippen molar-refractivity contribution in [2.24, 2.45) is 16.8 Å². The van der Waals surface area contributed by atoms with Gasteiger partial charge in [0.2, 0.25) is 0 Å². The molecule has 0 aliphatic heterocycles. The van der Waals surface area contributed by atoms with Crippen LogP contribution in [0.3, 0.4) is 0 Å². The summed E-state index contributed by atoms with van der Waals surface area (Å²) in [4.78, 5) is 16.6. The quantitative estimate of drug-likeness (QED) is 0.437. The van der Waals surface area contributed by atoms with Crippen LogP contribution in [0.2, 0.25) is 0 Å². The van der Waals surface area contributed by atoms with Gasteiger partial charge in [-0.05, 0) is 36.6 Å². The van der Waals surface area contributed by atoms with Gasteiger partial charge in [-0.15, -0.1) is 0 Å². The van der Waals surface area contributed by atoms with Gasteiger partial charge >= 0.3 is 0 Å². The van der Waals surface area contributed by atoms with Gasteiger partial charge in [-0.3, -0.25) is 4.79 Å². The number of nitrogens with one attached hydrogen (secondary N) is 1. The van der Waals surface area contributed by atoms with Gasteiger partial charge in [0.1, 0.15) is 11.6 Å². The molecule has 0 aliphatic rings. The third-order valence-corrected chi connectivity index (χ3v) is 2.73. The molecule has 21 heavy (non-hydrogen) atoms. The lowest BCUT2D eigenvalue weighted by Gasteiger charge is -2.06. The molecule has 0 fully saturated rings. The number of nitrogens with two attached hydrogens (primary N) is 1. The number of methoxy groups -OCH3 is 1. The van der Waals surface area contributed by atoms with Crippen LogP contribution in [-0.2, 0) is 9.63 Å². The fourth-order valence-electron chi connectivity index (χ4n) is 1.53. The van der Waals surface area contributed by atoms with Gasteiger partial charge in [0, 0.05) is 12.1 Å². The molecule has 0 unspecified atom stereocenters. The van der Waals surface area contributed by atoms with Crippen molar-refractivity contribution in [2.45, 2.75) is 26.7 Å². The summed E-state index contributed by atoms with van der Waals surface area (Å²) >= 11 is 0. The van der Waals surface area contributed by atoms with E-state index < -0.39 is 0 Å². The maximum atomic E-state index is 11.6. The molecule has 3 N–H and O–H groups in total. The van der Waals surface area contributed by atoms with Crippen molar-refractivity contribution >= 4 is 17.4 Å². The molecular weight excluding hydrogens is 270 g/mol. The molecule has 6 nitrogen and oxygen atoms in total. The largest absolute Gasteiger partial charge is 0.497 e. The van der Waals surface area contributed by atoms with Gasteiger partial charge in [0.15, 0.2) is 6.61 Å². The fourth-order valence-corrected chi connectivity index (χ4v) is 1.53. The van der Waals surface area contributed by atoms with E-state index in [1.165, 1.54) is 0 Å². The first-order valence-electron chi connectivity index (χ1n) is 6.89. The molecule has 1 rings (SSSR count). The lowest BCUT2D eigenvalue weighted by molar-refractivity contribution is -0.120. The monoisotopic (exact) mass is 293 g/mol. The maximum absolute atomic E-state index is 11.6. The number of amidine groups is 1. The number of oxime groups is 1. The number of benzene rings is 1. The Balaban J connectivity index is 2.31. The first kappa shape index (κ1) is 16.8. The van der Waals surface area contributed by atoms with E-state index in [0.29, 0.717) is 23.9 Å². The SMILES string of the molecule is COc1ccc(NC(=O)CO/N=C(\N)CCC(C)C)cc1. The van der Waals surface area contributed by atoms with Crippen molar-refractivity contribution in [3.05, 3.63) is 24.3 Å². The smallest absolute Gasteiger partial charge is 0.265 e. The lowest BCUT2D eigenvalue weighted by Crippen LogP contribution is -2.19. The number of nitrogens with zero attached hydrogens (tertiary/aromatic N) is 1. The van der Waals surface area contributed by atoms with Crippen molar-refractivity contribution in [1.82, 2.24) is 0 Å². The van der Waals surface area contributed by atoms with Gasteiger partial charge in [0.25, 0.3) is 5.91 Å². The zero-order chi connectivity index (χ0) is 15.7. The van der Waals surface area contributed by atoms with Crippen LogP contribution < -0.4 is 15.8 Å². The molecule has 1 aromatic carbocycles. The van der Waals surface area contributed by atoms with E-state index in [1.54, 1.807) is 31.4 Å². The summed E-state index contributed by atoms with van der Waals surface area (Å²) in [5, 5.41) is 6.41. The van der Waals surface area contributed by atoms with Crippen LogP contribution >= 0.6 is 0 Å². The van der Waals surface area contributed by atoms with Gasteiger partial charge < -0.3 is 20.6 Å². The zero-order valence-electron chi connectivity index (χ0n) is 12.8. The number of amides is 1. The molecule has 116 valence electrons. The van der Waals surface area contributed by atoms with E-state index in [0.717, 1.165) is 12.2 Å². The summed E-state index contributed by atoms with van der Waals surface area (Å²) in [7, 11) is 1.59. The summed E-state index contributed by atoms with van der Waals surface area (Å²) in [5.41, 5.74) is 6.34. The Labute approximate surface area is 125 Å². The normalized spacial score (nSPS) is 11.3. The highest BCUT2D eigenvalue weighted by Crippen LogP contribution is 2.14. The molecule has 0 spiro atoms. The zero-order valence-corrected chi connectivity index (χ0v) is 12.8.